The summed E-state index contributed by atoms with van der Waals surface area (Å²) in [7, 11) is 3.03. The Balaban J connectivity index is 2.25. The quantitative estimate of drug-likeness (QED) is 0.785. The second-order valence-corrected chi connectivity index (χ2v) is 4.86. The zero-order valence-corrected chi connectivity index (χ0v) is 12.4. The first-order valence-corrected chi connectivity index (χ1v) is 6.61. The monoisotopic (exact) mass is 308 g/mol. The lowest BCUT2D eigenvalue weighted by molar-refractivity contribution is 0.0992. The summed E-state index contributed by atoms with van der Waals surface area (Å²) in [6, 6.07) is 9.19. The van der Waals surface area contributed by atoms with Gasteiger partial charge in [-0.05, 0) is 29.8 Å². The van der Waals surface area contributed by atoms with E-state index in [9.17, 15) is 9.18 Å². The van der Waals surface area contributed by atoms with E-state index in [1.807, 2.05) is 0 Å². The van der Waals surface area contributed by atoms with Crippen molar-refractivity contribution in [3.8, 4) is 11.5 Å². The fraction of sp³-hybridized carbons (Fsp3) is 0.188. The van der Waals surface area contributed by atoms with Crippen molar-refractivity contribution < 1.29 is 18.7 Å². The molecule has 2 aromatic carbocycles. The van der Waals surface area contributed by atoms with Gasteiger partial charge in [0.25, 0.3) is 0 Å². The molecule has 5 heteroatoms. The van der Waals surface area contributed by atoms with Gasteiger partial charge in [-0.2, -0.15) is 0 Å². The first-order valence-electron chi connectivity index (χ1n) is 6.23. The van der Waals surface area contributed by atoms with Crippen LogP contribution in [0.3, 0.4) is 0 Å². The Morgan fingerprint density at radius 1 is 1.10 bits per heavy atom. The van der Waals surface area contributed by atoms with Crippen molar-refractivity contribution in [1.29, 1.82) is 0 Å². The van der Waals surface area contributed by atoms with Crippen molar-refractivity contribution >= 4 is 17.4 Å². The third kappa shape index (κ3) is 3.73. The van der Waals surface area contributed by atoms with E-state index in [-0.39, 0.29) is 17.2 Å². The number of methoxy groups -OCH3 is 2. The number of hydrogen-bond acceptors (Lipinski definition) is 3. The summed E-state index contributed by atoms with van der Waals surface area (Å²) in [6.45, 7) is 0. The minimum Gasteiger partial charge on any atom is -0.497 e. The van der Waals surface area contributed by atoms with Crippen LogP contribution in [-0.2, 0) is 6.42 Å². The van der Waals surface area contributed by atoms with Crippen LogP contribution in [0.1, 0.15) is 15.9 Å². The van der Waals surface area contributed by atoms with Gasteiger partial charge in [0.1, 0.15) is 17.3 Å². The second kappa shape index (κ2) is 6.59. The molecule has 2 aromatic rings. The van der Waals surface area contributed by atoms with Crippen molar-refractivity contribution in [2.45, 2.75) is 6.42 Å². The molecule has 0 saturated carbocycles. The van der Waals surface area contributed by atoms with E-state index in [1.165, 1.54) is 32.4 Å². The highest BCUT2D eigenvalue weighted by atomic mass is 35.5. The predicted molar refractivity (Wildman–Crippen MR) is 79.0 cm³/mol. The van der Waals surface area contributed by atoms with Crippen molar-refractivity contribution in [1.82, 2.24) is 0 Å². The SMILES string of the molecule is COc1cc(OC)cc(C(=O)Cc2ccc(F)c(Cl)c2)c1. The number of benzene rings is 2. The summed E-state index contributed by atoms with van der Waals surface area (Å²) < 4.78 is 23.4. The Morgan fingerprint density at radius 3 is 2.24 bits per heavy atom. The first kappa shape index (κ1) is 15.3. The number of hydrogen-bond donors (Lipinski definition) is 0. The summed E-state index contributed by atoms with van der Waals surface area (Å²) in [4.78, 5) is 12.3. The summed E-state index contributed by atoms with van der Waals surface area (Å²) in [5, 5.41) is 0.00326. The summed E-state index contributed by atoms with van der Waals surface area (Å²) >= 11 is 5.71. The van der Waals surface area contributed by atoms with E-state index < -0.39 is 5.82 Å². The van der Waals surface area contributed by atoms with Gasteiger partial charge < -0.3 is 9.47 Å². The van der Waals surface area contributed by atoms with E-state index >= 15 is 0 Å². The summed E-state index contributed by atoms with van der Waals surface area (Å²) in [5.74, 6) is 0.440. The fourth-order valence-electron chi connectivity index (χ4n) is 1.91. The zero-order valence-electron chi connectivity index (χ0n) is 11.7. The molecule has 0 aliphatic carbocycles. The Morgan fingerprint density at radius 2 is 1.71 bits per heavy atom. The van der Waals surface area contributed by atoms with Gasteiger partial charge in [0.05, 0.1) is 19.2 Å². The number of Topliss-reactive ketones (excluding diaryl/α,β-unsaturated/α-hetero) is 1. The van der Waals surface area contributed by atoms with Gasteiger partial charge in [-0.1, -0.05) is 17.7 Å². The number of halogens is 2. The van der Waals surface area contributed by atoms with Gasteiger partial charge in [-0.15, -0.1) is 0 Å². The Bertz CT molecular complexity index is 648. The molecule has 3 nitrogen and oxygen atoms in total. The van der Waals surface area contributed by atoms with Crippen molar-refractivity contribution in [3.63, 3.8) is 0 Å². The van der Waals surface area contributed by atoms with Gasteiger partial charge in [0.2, 0.25) is 0 Å². The van der Waals surface area contributed by atoms with Crippen molar-refractivity contribution in [2.24, 2.45) is 0 Å². The van der Waals surface area contributed by atoms with Gasteiger partial charge >= 0.3 is 0 Å². The van der Waals surface area contributed by atoms with Crippen LogP contribution < -0.4 is 9.47 Å². The molecular weight excluding hydrogens is 295 g/mol. The lowest BCUT2D eigenvalue weighted by Crippen LogP contribution is -2.04. The van der Waals surface area contributed by atoms with Crippen LogP contribution in [0.25, 0.3) is 0 Å². The normalized spacial score (nSPS) is 10.3. The number of ketones is 1. The number of ether oxygens (including phenoxy) is 2. The van der Waals surface area contributed by atoms with Crippen LogP contribution in [0, 0.1) is 5.82 Å². The molecule has 2 rings (SSSR count). The third-order valence-corrected chi connectivity index (χ3v) is 3.31. The molecule has 0 saturated heterocycles. The average Bonchev–Trinajstić information content (AvgIpc) is 2.50. The molecule has 0 radical (unpaired) electrons. The van der Waals surface area contributed by atoms with Crippen LogP contribution in [-0.4, -0.2) is 20.0 Å². The Labute approximate surface area is 127 Å². The minimum absolute atomic E-state index is 0.00326. The molecule has 0 unspecified atom stereocenters. The maximum atomic E-state index is 13.1. The molecule has 0 heterocycles. The number of rotatable bonds is 5. The number of carbonyl (C=O) groups is 1. The Hall–Kier alpha value is -2.07. The molecule has 0 bridgehead atoms. The predicted octanol–water partition coefficient (Wildman–Crippen LogP) is 3.92. The summed E-state index contributed by atoms with van der Waals surface area (Å²) in [5.41, 5.74) is 1.11. The van der Waals surface area contributed by atoms with Crippen LogP contribution in [0.4, 0.5) is 4.39 Å². The molecule has 0 N–H and O–H groups in total. The van der Waals surface area contributed by atoms with Gasteiger partial charge in [-0.3, -0.25) is 4.79 Å². The molecule has 0 aliphatic heterocycles. The van der Waals surface area contributed by atoms with E-state index in [4.69, 9.17) is 21.1 Å². The molecule has 110 valence electrons. The van der Waals surface area contributed by atoms with E-state index in [0.717, 1.165) is 0 Å². The second-order valence-electron chi connectivity index (χ2n) is 4.45. The van der Waals surface area contributed by atoms with E-state index in [1.54, 1.807) is 18.2 Å². The Kier molecular flexibility index (Phi) is 4.81. The van der Waals surface area contributed by atoms with Gasteiger partial charge in [-0.25, -0.2) is 4.39 Å². The lowest BCUT2D eigenvalue weighted by Gasteiger charge is -2.08. The third-order valence-electron chi connectivity index (χ3n) is 3.02. The fourth-order valence-corrected chi connectivity index (χ4v) is 2.11. The van der Waals surface area contributed by atoms with Crippen LogP contribution in [0.15, 0.2) is 36.4 Å². The molecule has 0 spiro atoms. The van der Waals surface area contributed by atoms with E-state index in [0.29, 0.717) is 22.6 Å². The minimum atomic E-state index is -0.504. The van der Waals surface area contributed by atoms with Crippen LogP contribution in [0.2, 0.25) is 5.02 Å². The number of carbonyl (C=O) groups excluding carboxylic acids is 1. The highest BCUT2D eigenvalue weighted by molar-refractivity contribution is 6.30. The lowest BCUT2D eigenvalue weighted by atomic mass is 10.0. The standard InChI is InChI=1S/C16H14ClFO3/c1-20-12-7-11(8-13(9-12)21-2)16(19)6-10-3-4-15(18)14(17)5-10/h3-5,7-9H,6H2,1-2H3. The topological polar surface area (TPSA) is 35.5 Å². The molecule has 0 fully saturated rings. The maximum absolute atomic E-state index is 13.1. The van der Waals surface area contributed by atoms with Crippen molar-refractivity contribution in [2.75, 3.05) is 14.2 Å². The largest absolute Gasteiger partial charge is 0.497 e. The zero-order chi connectivity index (χ0) is 15.4. The first-order chi connectivity index (χ1) is 10.0. The molecule has 0 aliphatic rings. The van der Waals surface area contributed by atoms with Gasteiger partial charge in [0.15, 0.2) is 5.78 Å². The average molecular weight is 309 g/mol. The van der Waals surface area contributed by atoms with E-state index in [2.05, 4.69) is 0 Å². The van der Waals surface area contributed by atoms with Crippen LogP contribution >= 0.6 is 11.6 Å². The molecule has 0 atom stereocenters. The smallest absolute Gasteiger partial charge is 0.167 e. The summed E-state index contributed by atoms with van der Waals surface area (Å²) in [6.07, 6.45) is 0.121. The highest BCUT2D eigenvalue weighted by Crippen LogP contribution is 2.24. The maximum Gasteiger partial charge on any atom is 0.167 e. The highest BCUT2D eigenvalue weighted by Gasteiger charge is 2.12. The molecular formula is C16H14ClFO3. The van der Waals surface area contributed by atoms with Crippen LogP contribution in [0.5, 0.6) is 11.5 Å². The molecule has 0 aromatic heterocycles. The molecule has 21 heavy (non-hydrogen) atoms. The molecule has 0 amide bonds. The van der Waals surface area contributed by atoms with Gasteiger partial charge in [0, 0.05) is 18.1 Å². The van der Waals surface area contributed by atoms with Crippen molar-refractivity contribution in [3.05, 3.63) is 58.4 Å².